The number of carbonyl (C=O) groups excluding carboxylic acids is 1. The lowest BCUT2D eigenvalue weighted by atomic mass is 9.95. The second kappa shape index (κ2) is 7.36. The Balaban J connectivity index is 2.70. The molecule has 1 aliphatic rings. The van der Waals surface area contributed by atoms with Crippen molar-refractivity contribution in [3.8, 4) is 0 Å². The predicted octanol–water partition coefficient (Wildman–Crippen LogP) is 2.46. The Bertz CT molecular complexity index is 318. The second-order valence-electron chi connectivity index (χ2n) is 5.52. The van der Waals surface area contributed by atoms with Crippen molar-refractivity contribution in [1.29, 1.82) is 0 Å². The molecule has 1 fully saturated rings. The van der Waals surface area contributed by atoms with E-state index in [1.54, 1.807) is 4.90 Å². The van der Waals surface area contributed by atoms with Gasteiger partial charge in [0.1, 0.15) is 0 Å². The lowest BCUT2D eigenvalue weighted by Gasteiger charge is -2.30. The molecule has 1 rings (SSSR count). The van der Waals surface area contributed by atoms with Crippen molar-refractivity contribution in [2.75, 3.05) is 6.54 Å². The van der Waals surface area contributed by atoms with E-state index in [9.17, 15) is 14.7 Å². The molecular formula is C14H26N2O3. The smallest absolute Gasteiger partial charge is 0.317 e. The number of carbonyl (C=O) groups is 2. The van der Waals surface area contributed by atoms with Crippen LogP contribution in [0.4, 0.5) is 4.79 Å². The molecule has 2 N–H and O–H groups in total. The lowest BCUT2D eigenvalue weighted by molar-refractivity contribution is -0.142. The molecule has 2 unspecified atom stereocenters. The summed E-state index contributed by atoms with van der Waals surface area (Å²) < 4.78 is 0. The van der Waals surface area contributed by atoms with Gasteiger partial charge >= 0.3 is 12.0 Å². The van der Waals surface area contributed by atoms with Crippen molar-refractivity contribution in [2.24, 2.45) is 5.92 Å². The fourth-order valence-corrected chi connectivity index (χ4v) is 2.76. The average Bonchev–Trinajstić information content (AvgIpc) is 2.54. The molecular weight excluding hydrogens is 244 g/mol. The van der Waals surface area contributed by atoms with Gasteiger partial charge in [0.25, 0.3) is 0 Å². The number of hydrogen-bond acceptors (Lipinski definition) is 2. The first-order valence-corrected chi connectivity index (χ1v) is 7.27. The Morgan fingerprint density at radius 2 is 1.89 bits per heavy atom. The third-order valence-electron chi connectivity index (χ3n) is 3.87. The first-order chi connectivity index (χ1) is 8.97. The fraction of sp³-hybridized carbons (Fsp3) is 0.857. The summed E-state index contributed by atoms with van der Waals surface area (Å²) in [6, 6.07) is -0.255. The molecule has 5 heteroatoms. The maximum absolute atomic E-state index is 12.2. The summed E-state index contributed by atoms with van der Waals surface area (Å²) in [7, 11) is 0. The number of urea groups is 1. The monoisotopic (exact) mass is 270 g/mol. The molecule has 110 valence electrons. The van der Waals surface area contributed by atoms with Crippen LogP contribution in [-0.4, -0.2) is 40.6 Å². The number of amides is 2. The van der Waals surface area contributed by atoms with Crippen LogP contribution in [0.15, 0.2) is 0 Å². The second-order valence-corrected chi connectivity index (χ2v) is 5.52. The molecule has 0 aromatic rings. The van der Waals surface area contributed by atoms with E-state index in [1.807, 2.05) is 20.8 Å². The van der Waals surface area contributed by atoms with Gasteiger partial charge in [-0.2, -0.15) is 0 Å². The first kappa shape index (κ1) is 15.8. The molecule has 1 aliphatic carbocycles. The lowest BCUT2D eigenvalue weighted by Crippen LogP contribution is -2.50. The van der Waals surface area contributed by atoms with Gasteiger partial charge in [-0.1, -0.05) is 19.3 Å². The first-order valence-electron chi connectivity index (χ1n) is 7.27. The van der Waals surface area contributed by atoms with E-state index < -0.39 is 11.9 Å². The van der Waals surface area contributed by atoms with Crippen LogP contribution in [0.3, 0.4) is 0 Å². The zero-order valence-corrected chi connectivity index (χ0v) is 12.2. The molecule has 0 aliphatic heterocycles. The van der Waals surface area contributed by atoms with Crippen molar-refractivity contribution in [1.82, 2.24) is 10.2 Å². The van der Waals surface area contributed by atoms with Gasteiger partial charge in [0.15, 0.2) is 0 Å². The van der Waals surface area contributed by atoms with Crippen LogP contribution in [0, 0.1) is 5.92 Å². The summed E-state index contributed by atoms with van der Waals surface area (Å²) in [5.41, 5.74) is 0. The zero-order chi connectivity index (χ0) is 14.4. The average molecular weight is 270 g/mol. The molecule has 19 heavy (non-hydrogen) atoms. The van der Waals surface area contributed by atoms with Crippen molar-refractivity contribution >= 4 is 12.0 Å². The number of hydrogen-bond donors (Lipinski definition) is 2. The standard InChI is InChI=1S/C14H26N2O3/c1-4-16(10(2)3)14(19)15-12-9-7-5-6-8-11(12)13(17)18/h10-12H,4-9H2,1-3H3,(H,15,19)(H,17,18). The molecule has 0 aromatic carbocycles. The molecule has 0 bridgehead atoms. The minimum atomic E-state index is -0.792. The van der Waals surface area contributed by atoms with Gasteiger partial charge in [-0.05, 0) is 33.6 Å². The van der Waals surface area contributed by atoms with Gasteiger partial charge in [0.2, 0.25) is 0 Å². The summed E-state index contributed by atoms with van der Waals surface area (Å²) in [4.78, 5) is 25.2. The van der Waals surface area contributed by atoms with E-state index in [4.69, 9.17) is 0 Å². The summed E-state index contributed by atoms with van der Waals surface area (Å²) >= 11 is 0. The van der Waals surface area contributed by atoms with Crippen molar-refractivity contribution in [3.05, 3.63) is 0 Å². The molecule has 0 spiro atoms. The van der Waals surface area contributed by atoms with Crippen molar-refractivity contribution < 1.29 is 14.7 Å². The summed E-state index contributed by atoms with van der Waals surface area (Å²) in [5, 5.41) is 12.2. The molecule has 0 aromatic heterocycles. The summed E-state index contributed by atoms with van der Waals surface area (Å²) in [5.74, 6) is -1.24. The van der Waals surface area contributed by atoms with Crippen LogP contribution in [0.1, 0.15) is 52.9 Å². The van der Waals surface area contributed by atoms with Gasteiger partial charge in [0.05, 0.1) is 5.92 Å². The molecule has 2 atom stereocenters. The van der Waals surface area contributed by atoms with E-state index in [0.717, 1.165) is 25.7 Å². The summed E-state index contributed by atoms with van der Waals surface area (Å²) in [6.07, 6.45) is 4.40. The number of carboxylic acids is 1. The van der Waals surface area contributed by atoms with E-state index >= 15 is 0 Å². The van der Waals surface area contributed by atoms with Crippen LogP contribution >= 0.6 is 0 Å². The molecule has 0 saturated heterocycles. The van der Waals surface area contributed by atoms with Crippen molar-refractivity contribution in [3.63, 3.8) is 0 Å². The number of carboxylic acid groups (broad SMARTS) is 1. The van der Waals surface area contributed by atoms with Crippen LogP contribution in [0.5, 0.6) is 0 Å². The predicted molar refractivity (Wildman–Crippen MR) is 74.0 cm³/mol. The molecule has 0 heterocycles. The number of nitrogens with one attached hydrogen (secondary N) is 1. The Morgan fingerprint density at radius 3 is 2.42 bits per heavy atom. The Kier molecular flexibility index (Phi) is 6.12. The van der Waals surface area contributed by atoms with Gasteiger partial charge < -0.3 is 15.3 Å². The highest BCUT2D eigenvalue weighted by Gasteiger charge is 2.31. The molecule has 1 saturated carbocycles. The van der Waals surface area contributed by atoms with E-state index in [-0.39, 0.29) is 18.1 Å². The Labute approximate surface area is 115 Å². The maximum atomic E-state index is 12.2. The highest BCUT2D eigenvalue weighted by Crippen LogP contribution is 2.24. The van der Waals surface area contributed by atoms with Gasteiger partial charge in [0, 0.05) is 18.6 Å². The van der Waals surface area contributed by atoms with Crippen LogP contribution in [0.2, 0.25) is 0 Å². The topological polar surface area (TPSA) is 69.6 Å². The van der Waals surface area contributed by atoms with E-state index in [1.165, 1.54) is 0 Å². The Morgan fingerprint density at radius 1 is 1.26 bits per heavy atom. The van der Waals surface area contributed by atoms with E-state index in [0.29, 0.717) is 13.0 Å². The molecule has 2 amide bonds. The highest BCUT2D eigenvalue weighted by atomic mass is 16.4. The quantitative estimate of drug-likeness (QED) is 0.771. The maximum Gasteiger partial charge on any atom is 0.317 e. The van der Waals surface area contributed by atoms with Gasteiger partial charge in [-0.3, -0.25) is 4.79 Å². The summed E-state index contributed by atoms with van der Waals surface area (Å²) in [6.45, 7) is 6.49. The number of aliphatic carboxylic acids is 1. The third kappa shape index (κ3) is 4.40. The minimum absolute atomic E-state index is 0.124. The highest BCUT2D eigenvalue weighted by molar-refractivity contribution is 5.77. The SMILES string of the molecule is CCN(C(=O)NC1CCCCCC1C(=O)O)C(C)C. The minimum Gasteiger partial charge on any atom is -0.481 e. The van der Waals surface area contributed by atoms with Crippen LogP contribution in [0.25, 0.3) is 0 Å². The third-order valence-corrected chi connectivity index (χ3v) is 3.87. The van der Waals surface area contributed by atoms with Crippen molar-refractivity contribution in [2.45, 2.75) is 65.0 Å². The van der Waals surface area contributed by atoms with Crippen LogP contribution < -0.4 is 5.32 Å². The number of rotatable bonds is 4. The Hall–Kier alpha value is -1.26. The van der Waals surface area contributed by atoms with Gasteiger partial charge in [-0.15, -0.1) is 0 Å². The van der Waals surface area contributed by atoms with Crippen LogP contribution in [-0.2, 0) is 4.79 Å². The largest absolute Gasteiger partial charge is 0.481 e. The molecule has 0 radical (unpaired) electrons. The normalized spacial score (nSPS) is 23.8. The zero-order valence-electron chi connectivity index (χ0n) is 12.2. The number of nitrogens with zero attached hydrogens (tertiary/aromatic N) is 1. The van der Waals surface area contributed by atoms with E-state index in [2.05, 4.69) is 5.32 Å². The van der Waals surface area contributed by atoms with Gasteiger partial charge in [-0.25, -0.2) is 4.79 Å². The molecule has 5 nitrogen and oxygen atoms in total. The fourth-order valence-electron chi connectivity index (χ4n) is 2.76.